The second kappa shape index (κ2) is 7.81. The van der Waals surface area contributed by atoms with Crippen LogP contribution < -0.4 is 0 Å². The minimum absolute atomic E-state index is 0.0226. The van der Waals surface area contributed by atoms with E-state index in [4.69, 9.17) is 4.74 Å². The van der Waals surface area contributed by atoms with Crippen molar-refractivity contribution in [3.05, 3.63) is 0 Å². The zero-order valence-corrected chi connectivity index (χ0v) is 11.7. The molecule has 2 rings (SSSR count). The highest BCUT2D eigenvalue weighted by atomic mass is 16.5. The summed E-state index contributed by atoms with van der Waals surface area (Å²) in [5.74, 6) is 1.99. The summed E-state index contributed by atoms with van der Waals surface area (Å²) in [6.45, 7) is 0.655. The SMILES string of the molecule is O=C1CCCCCCCCCC2CC2CCCO1. The zero-order chi connectivity index (χ0) is 12.6. The predicted molar refractivity (Wildman–Crippen MR) is 73.3 cm³/mol. The first-order valence-electron chi connectivity index (χ1n) is 8.02. The molecule has 2 atom stereocenters. The van der Waals surface area contributed by atoms with Crippen LogP contribution in [0.1, 0.15) is 77.0 Å². The lowest BCUT2D eigenvalue weighted by Crippen LogP contribution is -2.06. The topological polar surface area (TPSA) is 26.3 Å². The van der Waals surface area contributed by atoms with E-state index in [0.29, 0.717) is 13.0 Å². The molecule has 2 heteroatoms. The van der Waals surface area contributed by atoms with E-state index in [1.54, 1.807) is 0 Å². The van der Waals surface area contributed by atoms with Gasteiger partial charge in [0.05, 0.1) is 6.61 Å². The van der Waals surface area contributed by atoms with E-state index in [1.807, 2.05) is 0 Å². The molecule has 1 saturated carbocycles. The molecule has 1 heterocycles. The first-order chi connectivity index (χ1) is 8.86. The third-order valence-corrected chi connectivity index (χ3v) is 4.51. The number of hydrogen-bond donors (Lipinski definition) is 0. The van der Waals surface area contributed by atoms with Gasteiger partial charge in [-0.05, 0) is 37.5 Å². The number of fused-ring (bicyclic) bond motifs is 1. The molecule has 0 spiro atoms. The Morgan fingerprint density at radius 3 is 2.17 bits per heavy atom. The van der Waals surface area contributed by atoms with E-state index < -0.39 is 0 Å². The van der Waals surface area contributed by atoms with Gasteiger partial charge in [0.25, 0.3) is 0 Å². The van der Waals surface area contributed by atoms with Crippen LogP contribution in [0.4, 0.5) is 0 Å². The Labute approximate surface area is 111 Å². The van der Waals surface area contributed by atoms with Crippen molar-refractivity contribution in [2.24, 2.45) is 11.8 Å². The van der Waals surface area contributed by atoms with E-state index in [-0.39, 0.29) is 5.97 Å². The summed E-state index contributed by atoms with van der Waals surface area (Å²) in [7, 11) is 0. The average molecular weight is 252 g/mol. The minimum atomic E-state index is 0.0226. The predicted octanol–water partition coefficient (Wildman–Crippen LogP) is 4.47. The van der Waals surface area contributed by atoms with Crippen LogP contribution >= 0.6 is 0 Å². The third-order valence-electron chi connectivity index (χ3n) is 4.51. The molecular weight excluding hydrogens is 224 g/mol. The smallest absolute Gasteiger partial charge is 0.305 e. The van der Waals surface area contributed by atoms with Gasteiger partial charge < -0.3 is 4.74 Å². The quantitative estimate of drug-likeness (QED) is 0.594. The van der Waals surface area contributed by atoms with Crippen LogP contribution in [0.25, 0.3) is 0 Å². The van der Waals surface area contributed by atoms with Gasteiger partial charge in [-0.15, -0.1) is 0 Å². The van der Waals surface area contributed by atoms with E-state index in [2.05, 4.69) is 0 Å². The van der Waals surface area contributed by atoms with Crippen molar-refractivity contribution in [3.8, 4) is 0 Å². The van der Waals surface area contributed by atoms with Crippen LogP contribution in [0, 0.1) is 11.8 Å². The molecule has 0 bridgehead atoms. The molecule has 1 saturated heterocycles. The minimum Gasteiger partial charge on any atom is -0.466 e. The van der Waals surface area contributed by atoms with Crippen molar-refractivity contribution in [1.29, 1.82) is 0 Å². The fourth-order valence-electron chi connectivity index (χ4n) is 3.18. The van der Waals surface area contributed by atoms with Gasteiger partial charge in [0.1, 0.15) is 0 Å². The molecule has 0 aromatic carbocycles. The zero-order valence-electron chi connectivity index (χ0n) is 11.7. The molecule has 2 fully saturated rings. The van der Waals surface area contributed by atoms with Gasteiger partial charge in [-0.1, -0.05) is 44.9 Å². The lowest BCUT2D eigenvalue weighted by molar-refractivity contribution is -0.143. The summed E-state index contributed by atoms with van der Waals surface area (Å²) in [4.78, 5) is 11.4. The maximum atomic E-state index is 11.4. The molecule has 104 valence electrons. The van der Waals surface area contributed by atoms with Crippen molar-refractivity contribution >= 4 is 5.97 Å². The first kappa shape index (κ1) is 13.9. The Balaban J connectivity index is 1.64. The number of esters is 1. The number of carbonyl (C=O) groups excluding carboxylic acids is 1. The van der Waals surface area contributed by atoms with Crippen LogP contribution in [0.3, 0.4) is 0 Å². The molecule has 1 aliphatic carbocycles. The second-order valence-electron chi connectivity index (χ2n) is 6.13. The highest BCUT2D eigenvalue weighted by Crippen LogP contribution is 2.45. The van der Waals surface area contributed by atoms with Crippen molar-refractivity contribution < 1.29 is 9.53 Å². The molecule has 2 unspecified atom stereocenters. The van der Waals surface area contributed by atoms with Crippen molar-refractivity contribution in [2.45, 2.75) is 77.0 Å². The van der Waals surface area contributed by atoms with Crippen LogP contribution in [0.2, 0.25) is 0 Å². The molecule has 0 N–H and O–H groups in total. The number of ether oxygens (including phenoxy) is 1. The van der Waals surface area contributed by atoms with E-state index in [0.717, 1.165) is 24.7 Å². The number of rotatable bonds is 0. The molecule has 0 amide bonds. The van der Waals surface area contributed by atoms with Gasteiger partial charge in [0, 0.05) is 6.42 Å². The third kappa shape index (κ3) is 5.41. The van der Waals surface area contributed by atoms with E-state index in [1.165, 1.54) is 57.8 Å². The fourth-order valence-corrected chi connectivity index (χ4v) is 3.18. The van der Waals surface area contributed by atoms with Crippen LogP contribution in [0.5, 0.6) is 0 Å². The maximum Gasteiger partial charge on any atom is 0.305 e. The largest absolute Gasteiger partial charge is 0.466 e. The Kier molecular flexibility index (Phi) is 6.02. The lowest BCUT2D eigenvalue weighted by atomic mass is 10.0. The molecule has 0 radical (unpaired) electrons. The van der Waals surface area contributed by atoms with E-state index >= 15 is 0 Å². The highest BCUT2D eigenvalue weighted by Gasteiger charge is 2.35. The molecule has 0 aromatic rings. The Morgan fingerprint density at radius 2 is 1.39 bits per heavy atom. The Hall–Kier alpha value is -0.530. The summed E-state index contributed by atoms with van der Waals surface area (Å²) in [6, 6.07) is 0. The van der Waals surface area contributed by atoms with Crippen LogP contribution in [-0.4, -0.2) is 12.6 Å². The monoisotopic (exact) mass is 252 g/mol. The number of cyclic esters (lactones) is 1. The summed E-state index contributed by atoms with van der Waals surface area (Å²) >= 11 is 0. The second-order valence-corrected chi connectivity index (χ2v) is 6.13. The molecule has 2 nitrogen and oxygen atoms in total. The first-order valence-corrected chi connectivity index (χ1v) is 8.02. The Bertz CT molecular complexity index is 249. The molecule has 2 aliphatic rings. The lowest BCUT2D eigenvalue weighted by Gasteiger charge is -2.06. The van der Waals surface area contributed by atoms with Crippen LogP contribution in [0.15, 0.2) is 0 Å². The van der Waals surface area contributed by atoms with Gasteiger partial charge in [0.15, 0.2) is 0 Å². The fraction of sp³-hybridized carbons (Fsp3) is 0.938. The van der Waals surface area contributed by atoms with E-state index in [9.17, 15) is 4.79 Å². The van der Waals surface area contributed by atoms with Gasteiger partial charge in [0.2, 0.25) is 0 Å². The highest BCUT2D eigenvalue weighted by molar-refractivity contribution is 5.69. The molecular formula is C16H28O2. The van der Waals surface area contributed by atoms with Crippen molar-refractivity contribution in [2.75, 3.05) is 6.61 Å². The molecule has 0 aromatic heterocycles. The summed E-state index contributed by atoms with van der Waals surface area (Å²) in [5, 5.41) is 0. The summed E-state index contributed by atoms with van der Waals surface area (Å²) < 4.78 is 5.27. The van der Waals surface area contributed by atoms with Crippen molar-refractivity contribution in [1.82, 2.24) is 0 Å². The van der Waals surface area contributed by atoms with Gasteiger partial charge in [-0.25, -0.2) is 0 Å². The summed E-state index contributed by atoms with van der Waals surface area (Å²) in [6.07, 6.45) is 15.0. The number of carbonyl (C=O) groups is 1. The molecule has 18 heavy (non-hydrogen) atoms. The molecule has 1 aliphatic heterocycles. The number of hydrogen-bond acceptors (Lipinski definition) is 2. The average Bonchev–Trinajstić information content (AvgIpc) is 3.10. The van der Waals surface area contributed by atoms with Gasteiger partial charge >= 0.3 is 5.97 Å². The van der Waals surface area contributed by atoms with Crippen LogP contribution in [-0.2, 0) is 9.53 Å². The van der Waals surface area contributed by atoms with Gasteiger partial charge in [-0.2, -0.15) is 0 Å². The normalized spacial score (nSPS) is 32.3. The standard InChI is InChI=1S/C16H28O2/c17-16-11-7-5-3-1-2-4-6-9-14-13-15(14)10-8-12-18-16/h14-15H,1-13H2. The van der Waals surface area contributed by atoms with Gasteiger partial charge in [-0.3, -0.25) is 4.79 Å². The van der Waals surface area contributed by atoms with Crippen molar-refractivity contribution in [3.63, 3.8) is 0 Å². The Morgan fingerprint density at radius 1 is 0.778 bits per heavy atom. The maximum absolute atomic E-state index is 11.4. The summed E-state index contributed by atoms with van der Waals surface area (Å²) in [5.41, 5.74) is 0.